The number of nitrogens with zero attached hydrogens (tertiary/aromatic N) is 3. The summed E-state index contributed by atoms with van der Waals surface area (Å²) < 4.78 is 27.3. The molecule has 11 heteroatoms. The molecule has 2 aliphatic heterocycles. The minimum atomic E-state index is -1.27. The highest BCUT2D eigenvalue weighted by Gasteiger charge is 2.84. The summed E-state index contributed by atoms with van der Waals surface area (Å²) >= 11 is 0. The second-order valence-corrected chi connectivity index (χ2v) is 19.8. The van der Waals surface area contributed by atoms with Crippen LogP contribution in [-0.4, -0.2) is 98.6 Å². The van der Waals surface area contributed by atoms with Gasteiger partial charge < -0.3 is 38.6 Å². The van der Waals surface area contributed by atoms with Crippen LogP contribution in [0.3, 0.4) is 0 Å². The molecule has 2 spiro atoms. The number of fused-ring (bicyclic) bond motifs is 4. The molecule has 290 valence electrons. The Balaban J connectivity index is 1.01. The number of carbonyl (C=O) groups excluding carboxylic acids is 2. The first kappa shape index (κ1) is 36.9. The maximum Gasteiger partial charge on any atom is 0.303 e. The molecule has 1 aromatic rings. The molecule has 1 aromatic heterocycles. The number of aliphatic hydroxyl groups is 2. The summed E-state index contributed by atoms with van der Waals surface area (Å²) in [6, 6.07) is 0. The Morgan fingerprint density at radius 3 is 2.46 bits per heavy atom. The number of imidazole rings is 1. The number of aromatic nitrogens is 2. The minimum Gasteiger partial charge on any atom is -0.457 e. The number of hydrogen-bond donors (Lipinski definition) is 2. The van der Waals surface area contributed by atoms with Crippen molar-refractivity contribution < 1.29 is 38.7 Å². The first-order valence-corrected chi connectivity index (χ1v) is 20.1. The molecule has 3 unspecified atom stereocenters. The quantitative estimate of drug-likeness (QED) is 0.384. The van der Waals surface area contributed by atoms with Gasteiger partial charge in [-0.3, -0.25) is 9.59 Å². The monoisotopic (exact) mass is 725 g/mol. The number of amides is 1. The molecule has 5 aliphatic carbocycles. The minimum absolute atomic E-state index is 0.0297. The largest absolute Gasteiger partial charge is 0.457 e. The Labute approximate surface area is 309 Å². The van der Waals surface area contributed by atoms with Gasteiger partial charge in [0.15, 0.2) is 18.2 Å². The van der Waals surface area contributed by atoms with Gasteiger partial charge in [0.1, 0.15) is 0 Å². The van der Waals surface area contributed by atoms with Crippen LogP contribution in [0.15, 0.2) is 12.4 Å². The van der Waals surface area contributed by atoms with Crippen molar-refractivity contribution in [2.75, 3.05) is 19.7 Å². The van der Waals surface area contributed by atoms with Crippen LogP contribution in [0, 0.1) is 50.7 Å². The summed E-state index contributed by atoms with van der Waals surface area (Å²) in [4.78, 5) is 31.5. The van der Waals surface area contributed by atoms with Gasteiger partial charge in [0.05, 0.1) is 43.2 Å². The molecule has 5 saturated carbocycles. The van der Waals surface area contributed by atoms with Crippen LogP contribution < -0.4 is 0 Å². The Morgan fingerprint density at radius 2 is 1.79 bits per heavy atom. The number of ether oxygens (including phenoxy) is 4. The number of rotatable bonds is 6. The van der Waals surface area contributed by atoms with Crippen molar-refractivity contribution in [1.82, 2.24) is 14.5 Å². The lowest BCUT2D eigenvalue weighted by atomic mass is 9.41. The van der Waals surface area contributed by atoms with Crippen LogP contribution in [0.5, 0.6) is 0 Å². The number of esters is 1. The van der Waals surface area contributed by atoms with Gasteiger partial charge in [-0.15, -0.1) is 0 Å². The zero-order chi connectivity index (χ0) is 37.4. The third-order valence-electron chi connectivity index (χ3n) is 16.7. The fourth-order valence-electron chi connectivity index (χ4n) is 14.4. The van der Waals surface area contributed by atoms with Crippen molar-refractivity contribution in [3.05, 3.63) is 18.2 Å². The van der Waals surface area contributed by atoms with Gasteiger partial charge in [-0.25, -0.2) is 4.98 Å². The smallest absolute Gasteiger partial charge is 0.303 e. The van der Waals surface area contributed by atoms with E-state index in [0.29, 0.717) is 43.8 Å². The number of aryl methyl sites for hydroxylation is 1. The van der Waals surface area contributed by atoms with E-state index in [1.165, 1.54) is 19.8 Å². The van der Waals surface area contributed by atoms with Crippen molar-refractivity contribution in [3.63, 3.8) is 0 Å². The standard InChI is InChI=1S/C41H63N3O8/c1-23-20-25(33(37(5,6)48)50-24(2)45)51-31-30(23)38(7)14-15-41-22-40(41)13-12-28(36(3,4)26(40)10-11-27(41)39(38,8)32(31)46)52-29-21-44(18-19-49-29)35(47)34-42-16-17-43(34)9/h16-17,23,25-33,46,48H,10-15,18-22H2,1-9H3/t23-,25?,26+,27?,28+,29+,30+,31?,32+,33+,38-,39-,40-,41+/m1/s1. The summed E-state index contributed by atoms with van der Waals surface area (Å²) in [6.07, 6.45) is 9.13. The van der Waals surface area contributed by atoms with E-state index in [0.717, 1.165) is 32.1 Å². The van der Waals surface area contributed by atoms with Gasteiger partial charge in [0, 0.05) is 38.3 Å². The highest BCUT2D eigenvalue weighted by atomic mass is 16.7. The SMILES string of the molecule is CC(=O)O[C@@H](C1C[C@@H](C)[C@H]2C(O1)[C@H](O)[C@@]1(C)C3CC[C@H]4C(C)(C)[C@@H](O[C@H]5CN(C(=O)c6nccn6C)CCO5)CC[C@@]45C[C@@]35CC[C@]21C)C(C)(C)O. The van der Waals surface area contributed by atoms with Gasteiger partial charge in [-0.1, -0.05) is 34.6 Å². The van der Waals surface area contributed by atoms with E-state index in [2.05, 4.69) is 39.6 Å². The van der Waals surface area contributed by atoms with Gasteiger partial charge in [0.25, 0.3) is 5.91 Å². The fraction of sp³-hybridized carbons (Fsp3) is 0.878. The average Bonchev–Trinajstić information content (AvgIpc) is 3.48. The van der Waals surface area contributed by atoms with E-state index in [-0.39, 0.29) is 57.0 Å². The Hall–Kier alpha value is -2.05. The molecule has 52 heavy (non-hydrogen) atoms. The first-order valence-electron chi connectivity index (χ1n) is 20.1. The Kier molecular flexibility index (Phi) is 8.50. The Morgan fingerprint density at radius 1 is 1.08 bits per heavy atom. The van der Waals surface area contributed by atoms with E-state index >= 15 is 0 Å². The summed E-state index contributed by atoms with van der Waals surface area (Å²) in [5.74, 6) is 1.24. The fourth-order valence-corrected chi connectivity index (χ4v) is 14.4. The second kappa shape index (κ2) is 12.0. The van der Waals surface area contributed by atoms with Crippen molar-refractivity contribution in [3.8, 4) is 0 Å². The molecule has 2 saturated heterocycles. The average molecular weight is 726 g/mol. The van der Waals surface area contributed by atoms with Crippen molar-refractivity contribution in [2.24, 2.45) is 57.8 Å². The van der Waals surface area contributed by atoms with E-state index in [1.54, 1.807) is 30.8 Å². The third kappa shape index (κ3) is 4.96. The first-order chi connectivity index (χ1) is 24.3. The molecular weight excluding hydrogens is 662 g/mol. The summed E-state index contributed by atoms with van der Waals surface area (Å²) in [6.45, 7) is 18.0. The molecule has 0 aromatic carbocycles. The van der Waals surface area contributed by atoms with Crippen LogP contribution in [-0.2, 0) is 30.8 Å². The lowest BCUT2D eigenvalue weighted by molar-refractivity contribution is -0.245. The topological polar surface area (TPSA) is 133 Å². The number of morpholine rings is 1. The normalized spacial score (nSPS) is 46.9. The summed E-state index contributed by atoms with van der Waals surface area (Å²) in [7, 11) is 1.84. The van der Waals surface area contributed by atoms with Crippen molar-refractivity contribution >= 4 is 11.9 Å². The molecule has 0 bridgehead atoms. The van der Waals surface area contributed by atoms with Gasteiger partial charge in [-0.05, 0) is 111 Å². The third-order valence-corrected chi connectivity index (χ3v) is 16.7. The number of carbonyl (C=O) groups is 2. The Bertz CT molecular complexity index is 1590. The molecule has 8 rings (SSSR count). The van der Waals surface area contributed by atoms with Gasteiger partial charge in [0.2, 0.25) is 0 Å². The van der Waals surface area contributed by atoms with E-state index in [4.69, 9.17) is 18.9 Å². The molecule has 1 amide bonds. The number of hydrogen-bond acceptors (Lipinski definition) is 9. The zero-order valence-electron chi connectivity index (χ0n) is 32.9. The van der Waals surface area contributed by atoms with Crippen molar-refractivity contribution in [1.29, 1.82) is 0 Å². The highest BCUT2D eigenvalue weighted by molar-refractivity contribution is 5.90. The molecule has 14 atom stereocenters. The maximum atomic E-state index is 13.3. The summed E-state index contributed by atoms with van der Waals surface area (Å²) in [5, 5.41) is 23.7. The molecular formula is C41H63N3O8. The van der Waals surface area contributed by atoms with Crippen molar-refractivity contribution in [2.45, 2.75) is 149 Å². The summed E-state index contributed by atoms with van der Waals surface area (Å²) in [5.41, 5.74) is -1.32. The lowest BCUT2D eigenvalue weighted by Crippen LogP contribution is -2.60. The maximum absolute atomic E-state index is 13.3. The highest BCUT2D eigenvalue weighted by Crippen LogP contribution is 2.89. The zero-order valence-corrected chi connectivity index (χ0v) is 32.9. The van der Waals surface area contributed by atoms with Crippen LogP contribution in [0.4, 0.5) is 0 Å². The van der Waals surface area contributed by atoms with Crippen LogP contribution >= 0.6 is 0 Å². The van der Waals surface area contributed by atoms with Gasteiger partial charge in [-0.2, -0.15) is 0 Å². The van der Waals surface area contributed by atoms with E-state index in [1.807, 2.05) is 11.9 Å². The molecule has 2 N–H and O–H groups in total. The van der Waals surface area contributed by atoms with E-state index < -0.39 is 36.2 Å². The second-order valence-electron chi connectivity index (χ2n) is 19.8. The molecule has 0 radical (unpaired) electrons. The predicted octanol–water partition coefficient (Wildman–Crippen LogP) is 5.12. The number of aliphatic hydroxyl groups excluding tert-OH is 1. The van der Waals surface area contributed by atoms with Crippen LogP contribution in [0.25, 0.3) is 0 Å². The molecule has 3 heterocycles. The van der Waals surface area contributed by atoms with Gasteiger partial charge >= 0.3 is 5.97 Å². The molecule has 7 fully saturated rings. The lowest BCUT2D eigenvalue weighted by Gasteiger charge is -2.64. The molecule has 7 aliphatic rings. The predicted molar refractivity (Wildman–Crippen MR) is 192 cm³/mol. The van der Waals surface area contributed by atoms with Crippen LogP contribution in [0.2, 0.25) is 0 Å². The van der Waals surface area contributed by atoms with E-state index in [9.17, 15) is 19.8 Å². The molecule has 11 nitrogen and oxygen atoms in total. The van der Waals surface area contributed by atoms with Crippen LogP contribution in [0.1, 0.15) is 117 Å².